The molecule has 0 bridgehead atoms. The number of aromatic nitrogens is 3. The Kier molecular flexibility index (Phi) is 4.97. The van der Waals surface area contributed by atoms with Gasteiger partial charge in [0, 0.05) is 43.7 Å². The Bertz CT molecular complexity index is 644. The first kappa shape index (κ1) is 15.6. The maximum atomic E-state index is 12.6. The normalized spacial score (nSPS) is 18.7. The highest BCUT2D eigenvalue weighted by molar-refractivity contribution is 5.91. The van der Waals surface area contributed by atoms with Crippen LogP contribution < -0.4 is 0 Å². The fourth-order valence-electron chi connectivity index (χ4n) is 2.65. The standard InChI is InChI=1S/C16H20N4O3/c1-2-13-8-15(23-19-13)16(21)20-5-6-22-11-12(10-20)7-14-9-17-3-4-18-14/h3-4,8-9,12H,2,5-7,10-11H2,1H3/t12-/m0/s1. The monoisotopic (exact) mass is 316 g/mol. The smallest absolute Gasteiger partial charge is 0.292 e. The van der Waals surface area contributed by atoms with Crippen molar-refractivity contribution in [2.75, 3.05) is 26.3 Å². The molecule has 7 nitrogen and oxygen atoms in total. The zero-order chi connectivity index (χ0) is 16.1. The lowest BCUT2D eigenvalue weighted by atomic mass is 10.0. The maximum Gasteiger partial charge on any atom is 0.292 e. The molecule has 0 aromatic carbocycles. The van der Waals surface area contributed by atoms with E-state index in [0.717, 1.165) is 24.2 Å². The largest absolute Gasteiger partial charge is 0.379 e. The molecular formula is C16H20N4O3. The van der Waals surface area contributed by atoms with E-state index >= 15 is 0 Å². The molecular weight excluding hydrogens is 296 g/mol. The molecule has 1 fully saturated rings. The van der Waals surface area contributed by atoms with E-state index in [4.69, 9.17) is 9.26 Å². The van der Waals surface area contributed by atoms with Crippen LogP contribution in [0.25, 0.3) is 0 Å². The number of hydrogen-bond acceptors (Lipinski definition) is 6. The topological polar surface area (TPSA) is 81.4 Å². The highest BCUT2D eigenvalue weighted by Crippen LogP contribution is 2.15. The number of ether oxygens (including phenoxy) is 1. The molecule has 1 atom stereocenters. The Morgan fingerprint density at radius 2 is 2.30 bits per heavy atom. The molecule has 0 unspecified atom stereocenters. The molecule has 1 amide bonds. The van der Waals surface area contributed by atoms with Gasteiger partial charge in [-0.3, -0.25) is 14.8 Å². The second-order valence-electron chi connectivity index (χ2n) is 5.63. The number of carbonyl (C=O) groups is 1. The third-order valence-electron chi connectivity index (χ3n) is 3.87. The van der Waals surface area contributed by atoms with Crippen LogP contribution in [-0.2, 0) is 17.6 Å². The molecule has 0 radical (unpaired) electrons. The molecule has 0 spiro atoms. The number of carbonyl (C=O) groups excluding carboxylic acids is 1. The van der Waals surface area contributed by atoms with Crippen molar-refractivity contribution in [2.45, 2.75) is 19.8 Å². The van der Waals surface area contributed by atoms with Crippen molar-refractivity contribution in [1.29, 1.82) is 0 Å². The molecule has 3 rings (SSSR count). The van der Waals surface area contributed by atoms with Crippen LogP contribution in [0.1, 0.15) is 28.9 Å². The van der Waals surface area contributed by atoms with Gasteiger partial charge in [0.2, 0.25) is 5.76 Å². The molecule has 2 aromatic heterocycles. The number of aryl methyl sites for hydroxylation is 1. The first-order valence-electron chi connectivity index (χ1n) is 7.83. The minimum absolute atomic E-state index is 0.133. The van der Waals surface area contributed by atoms with Gasteiger partial charge in [-0.25, -0.2) is 0 Å². The van der Waals surface area contributed by atoms with Crippen LogP contribution in [0.2, 0.25) is 0 Å². The second kappa shape index (κ2) is 7.32. The Morgan fingerprint density at radius 1 is 1.39 bits per heavy atom. The highest BCUT2D eigenvalue weighted by atomic mass is 16.5. The summed E-state index contributed by atoms with van der Waals surface area (Å²) in [5.41, 5.74) is 1.69. The summed E-state index contributed by atoms with van der Waals surface area (Å²) < 4.78 is 10.8. The molecule has 0 aliphatic carbocycles. The van der Waals surface area contributed by atoms with Crippen LogP contribution in [0.15, 0.2) is 29.2 Å². The molecule has 7 heteroatoms. The van der Waals surface area contributed by atoms with Crippen molar-refractivity contribution in [2.24, 2.45) is 5.92 Å². The van der Waals surface area contributed by atoms with Gasteiger partial charge in [0.25, 0.3) is 5.91 Å². The predicted octanol–water partition coefficient (Wildman–Crippen LogP) is 1.36. The summed E-state index contributed by atoms with van der Waals surface area (Å²) in [5, 5.41) is 3.89. The van der Waals surface area contributed by atoms with E-state index in [0.29, 0.717) is 32.1 Å². The zero-order valence-corrected chi connectivity index (χ0v) is 13.1. The van der Waals surface area contributed by atoms with Gasteiger partial charge in [-0.15, -0.1) is 0 Å². The average molecular weight is 316 g/mol. The summed E-state index contributed by atoms with van der Waals surface area (Å²) in [5.74, 6) is 0.348. The average Bonchev–Trinajstić information content (AvgIpc) is 2.95. The van der Waals surface area contributed by atoms with Crippen LogP contribution >= 0.6 is 0 Å². The predicted molar refractivity (Wildman–Crippen MR) is 81.8 cm³/mol. The van der Waals surface area contributed by atoms with Crippen molar-refractivity contribution in [1.82, 2.24) is 20.0 Å². The quantitative estimate of drug-likeness (QED) is 0.847. The molecule has 0 saturated carbocycles. The van der Waals surface area contributed by atoms with Crippen molar-refractivity contribution < 1.29 is 14.1 Å². The summed E-state index contributed by atoms with van der Waals surface area (Å²) in [4.78, 5) is 22.7. The third-order valence-corrected chi connectivity index (χ3v) is 3.87. The Hall–Kier alpha value is -2.28. The summed E-state index contributed by atoms with van der Waals surface area (Å²) in [7, 11) is 0. The van der Waals surface area contributed by atoms with E-state index < -0.39 is 0 Å². The van der Waals surface area contributed by atoms with Gasteiger partial charge in [0.05, 0.1) is 24.6 Å². The molecule has 1 aliphatic heterocycles. The minimum Gasteiger partial charge on any atom is -0.379 e. The zero-order valence-electron chi connectivity index (χ0n) is 13.1. The van der Waals surface area contributed by atoms with Gasteiger partial charge in [-0.1, -0.05) is 12.1 Å². The minimum atomic E-state index is -0.133. The lowest BCUT2D eigenvalue weighted by molar-refractivity contribution is 0.0695. The molecule has 122 valence electrons. The molecule has 23 heavy (non-hydrogen) atoms. The van der Waals surface area contributed by atoms with E-state index in [1.807, 2.05) is 6.92 Å². The number of nitrogens with zero attached hydrogens (tertiary/aromatic N) is 4. The SMILES string of the molecule is CCc1cc(C(=O)N2CCOC[C@@H](Cc3cnccn3)C2)on1. The van der Waals surface area contributed by atoms with Gasteiger partial charge in [0.15, 0.2) is 0 Å². The third kappa shape index (κ3) is 3.92. The first-order valence-corrected chi connectivity index (χ1v) is 7.83. The van der Waals surface area contributed by atoms with E-state index in [1.54, 1.807) is 29.6 Å². The lowest BCUT2D eigenvalue weighted by Gasteiger charge is -2.22. The summed E-state index contributed by atoms with van der Waals surface area (Å²) in [6.07, 6.45) is 6.55. The van der Waals surface area contributed by atoms with Crippen molar-refractivity contribution in [3.63, 3.8) is 0 Å². The lowest BCUT2D eigenvalue weighted by Crippen LogP contribution is -2.36. The molecule has 2 aromatic rings. The Balaban J connectivity index is 1.68. The summed E-state index contributed by atoms with van der Waals surface area (Å²) in [6.45, 7) is 4.27. The Labute approximate surface area is 134 Å². The molecule has 0 N–H and O–H groups in total. The molecule has 3 heterocycles. The van der Waals surface area contributed by atoms with Crippen LogP contribution in [0.3, 0.4) is 0 Å². The van der Waals surface area contributed by atoms with E-state index in [2.05, 4.69) is 15.1 Å². The molecule has 1 saturated heterocycles. The van der Waals surface area contributed by atoms with Crippen LogP contribution in [-0.4, -0.2) is 52.2 Å². The van der Waals surface area contributed by atoms with Crippen molar-refractivity contribution >= 4 is 5.91 Å². The van der Waals surface area contributed by atoms with Gasteiger partial charge in [-0.2, -0.15) is 0 Å². The second-order valence-corrected chi connectivity index (χ2v) is 5.63. The summed E-state index contributed by atoms with van der Waals surface area (Å²) in [6, 6.07) is 1.71. The van der Waals surface area contributed by atoms with Crippen molar-refractivity contribution in [3.05, 3.63) is 41.8 Å². The number of hydrogen-bond donors (Lipinski definition) is 0. The Morgan fingerprint density at radius 3 is 3.04 bits per heavy atom. The van der Waals surface area contributed by atoms with Crippen LogP contribution in [0.5, 0.6) is 0 Å². The van der Waals surface area contributed by atoms with Crippen LogP contribution in [0, 0.1) is 5.92 Å². The van der Waals surface area contributed by atoms with Gasteiger partial charge in [-0.05, 0) is 12.8 Å². The number of amides is 1. The fourth-order valence-corrected chi connectivity index (χ4v) is 2.65. The maximum absolute atomic E-state index is 12.6. The first-order chi connectivity index (χ1) is 11.3. The van der Waals surface area contributed by atoms with E-state index in [-0.39, 0.29) is 11.8 Å². The highest BCUT2D eigenvalue weighted by Gasteiger charge is 2.26. The van der Waals surface area contributed by atoms with Gasteiger partial charge in [0.1, 0.15) is 0 Å². The van der Waals surface area contributed by atoms with Gasteiger partial charge < -0.3 is 14.2 Å². The van der Waals surface area contributed by atoms with Gasteiger partial charge >= 0.3 is 0 Å². The van der Waals surface area contributed by atoms with Crippen molar-refractivity contribution in [3.8, 4) is 0 Å². The van der Waals surface area contributed by atoms with E-state index in [1.165, 1.54) is 0 Å². The van der Waals surface area contributed by atoms with E-state index in [9.17, 15) is 4.79 Å². The molecule has 1 aliphatic rings. The number of rotatable bonds is 4. The summed E-state index contributed by atoms with van der Waals surface area (Å²) >= 11 is 0. The fraction of sp³-hybridized carbons (Fsp3) is 0.500. The van der Waals surface area contributed by atoms with Crippen LogP contribution in [0.4, 0.5) is 0 Å².